The van der Waals surface area contributed by atoms with Crippen LogP contribution in [0.2, 0.25) is 0 Å². The Labute approximate surface area is 255 Å². The third-order valence-electron chi connectivity index (χ3n) is 8.08. The second-order valence-corrected chi connectivity index (χ2v) is 16.0. The first-order valence-electron chi connectivity index (χ1n) is 15.4. The van der Waals surface area contributed by atoms with Gasteiger partial charge in [0.2, 0.25) is 0 Å². The third kappa shape index (κ3) is 7.57. The molecule has 4 aromatic rings. The zero-order valence-corrected chi connectivity index (χ0v) is 28.2. The van der Waals surface area contributed by atoms with E-state index in [-0.39, 0.29) is 21.7 Å². The van der Waals surface area contributed by atoms with Gasteiger partial charge >= 0.3 is 0 Å². The monoisotopic (exact) mass is 564 g/mol. The number of benzene rings is 4. The van der Waals surface area contributed by atoms with Crippen LogP contribution in [0.3, 0.4) is 0 Å². The van der Waals surface area contributed by atoms with Crippen molar-refractivity contribution in [3.63, 3.8) is 0 Å². The van der Waals surface area contributed by atoms with E-state index in [1.165, 1.54) is 33.4 Å². The van der Waals surface area contributed by atoms with E-state index in [0.29, 0.717) is 13.2 Å². The molecule has 2 heteroatoms. The molecule has 0 amide bonds. The third-order valence-corrected chi connectivity index (χ3v) is 8.08. The van der Waals surface area contributed by atoms with Gasteiger partial charge in [0.25, 0.3) is 0 Å². The molecule has 2 nitrogen and oxygen atoms in total. The second-order valence-electron chi connectivity index (χ2n) is 16.0. The van der Waals surface area contributed by atoms with E-state index in [2.05, 4.69) is 156 Å². The number of rotatable bonds is 6. The SMILES string of the molecule is CC(C)(C)c1cc(COc2cccc3c(OCc4cc(C(C)(C)C)cc(C(C)(C)C)c4)cccc23)cc(C(C)(C)C)c1. The number of ether oxygens (including phenoxy) is 2. The van der Waals surface area contributed by atoms with Crippen molar-refractivity contribution < 1.29 is 9.47 Å². The van der Waals surface area contributed by atoms with Gasteiger partial charge < -0.3 is 9.47 Å². The average Bonchev–Trinajstić information content (AvgIpc) is 2.88. The highest BCUT2D eigenvalue weighted by Gasteiger charge is 2.22. The van der Waals surface area contributed by atoms with E-state index >= 15 is 0 Å². The molecule has 0 spiro atoms. The van der Waals surface area contributed by atoms with E-state index in [0.717, 1.165) is 22.3 Å². The highest BCUT2D eigenvalue weighted by Crippen LogP contribution is 2.36. The molecule has 0 fully saturated rings. The smallest absolute Gasteiger partial charge is 0.127 e. The molecule has 4 aromatic carbocycles. The largest absolute Gasteiger partial charge is 0.488 e. The van der Waals surface area contributed by atoms with Crippen LogP contribution in [0.25, 0.3) is 10.8 Å². The van der Waals surface area contributed by atoms with Gasteiger partial charge in [-0.25, -0.2) is 0 Å². The standard InChI is InChI=1S/C40H52O2/c1-37(2,3)29-19-27(20-30(23-29)38(4,5)6)25-41-35-17-13-16-34-33(35)15-14-18-36(34)42-26-28-21-31(39(7,8)9)24-32(22-28)40(10,11)12/h13-24H,25-26H2,1-12H3. The zero-order chi connectivity index (χ0) is 31.1. The van der Waals surface area contributed by atoms with Gasteiger partial charge in [0.15, 0.2) is 0 Å². The van der Waals surface area contributed by atoms with Crippen molar-refractivity contribution in [2.75, 3.05) is 0 Å². The zero-order valence-electron chi connectivity index (χ0n) is 28.2. The van der Waals surface area contributed by atoms with Crippen molar-refractivity contribution in [2.24, 2.45) is 0 Å². The van der Waals surface area contributed by atoms with Crippen molar-refractivity contribution in [3.05, 3.63) is 106 Å². The molecule has 224 valence electrons. The van der Waals surface area contributed by atoms with Crippen LogP contribution in [0, 0.1) is 0 Å². The summed E-state index contributed by atoms with van der Waals surface area (Å²) in [6, 6.07) is 26.4. The van der Waals surface area contributed by atoms with Gasteiger partial charge in [-0.15, -0.1) is 0 Å². The van der Waals surface area contributed by atoms with E-state index in [9.17, 15) is 0 Å². The predicted octanol–water partition coefficient (Wildman–Crippen LogP) is 11.2. The van der Waals surface area contributed by atoms with Crippen molar-refractivity contribution in [1.82, 2.24) is 0 Å². The van der Waals surface area contributed by atoms with Crippen LogP contribution >= 0.6 is 0 Å². The van der Waals surface area contributed by atoms with Crippen molar-refractivity contribution in [3.8, 4) is 11.5 Å². The Morgan fingerprint density at radius 1 is 0.405 bits per heavy atom. The lowest BCUT2D eigenvalue weighted by atomic mass is 9.79. The van der Waals surface area contributed by atoms with Crippen LogP contribution in [0.1, 0.15) is 116 Å². The molecule has 0 saturated carbocycles. The summed E-state index contributed by atoms with van der Waals surface area (Å²) in [6.45, 7) is 28.3. The van der Waals surface area contributed by atoms with Gasteiger partial charge in [0.1, 0.15) is 24.7 Å². The molecule has 0 N–H and O–H groups in total. The number of hydrogen-bond acceptors (Lipinski definition) is 2. The Hall–Kier alpha value is -3.26. The van der Waals surface area contributed by atoms with Crippen molar-refractivity contribution >= 4 is 10.8 Å². The Kier molecular flexibility index (Phi) is 8.62. The fraction of sp³-hybridized carbons (Fsp3) is 0.450. The Morgan fingerprint density at radius 3 is 0.952 bits per heavy atom. The maximum absolute atomic E-state index is 6.51. The fourth-order valence-electron chi connectivity index (χ4n) is 5.11. The van der Waals surface area contributed by atoms with Crippen molar-refractivity contribution in [1.29, 1.82) is 0 Å². The molecule has 0 atom stereocenters. The summed E-state index contributed by atoms with van der Waals surface area (Å²) in [5.74, 6) is 1.75. The van der Waals surface area contributed by atoms with Gasteiger partial charge in [-0.1, -0.05) is 144 Å². The summed E-state index contributed by atoms with van der Waals surface area (Å²) < 4.78 is 13.0. The van der Waals surface area contributed by atoms with Gasteiger partial charge in [-0.3, -0.25) is 0 Å². The molecule has 0 heterocycles. The molecule has 0 aromatic heterocycles. The molecule has 0 bridgehead atoms. The van der Waals surface area contributed by atoms with E-state index < -0.39 is 0 Å². The summed E-state index contributed by atoms with van der Waals surface area (Å²) >= 11 is 0. The lowest BCUT2D eigenvalue weighted by molar-refractivity contribution is 0.306. The molecular weight excluding hydrogens is 512 g/mol. The van der Waals surface area contributed by atoms with Crippen LogP contribution in [0.15, 0.2) is 72.8 Å². The molecule has 0 saturated heterocycles. The Morgan fingerprint density at radius 2 is 0.690 bits per heavy atom. The van der Waals surface area contributed by atoms with Crippen LogP contribution in [-0.4, -0.2) is 0 Å². The maximum atomic E-state index is 6.51. The van der Waals surface area contributed by atoms with Crippen molar-refractivity contribution in [2.45, 2.75) is 118 Å². The quantitative estimate of drug-likeness (QED) is 0.232. The molecule has 42 heavy (non-hydrogen) atoms. The molecule has 0 aliphatic heterocycles. The Balaban J connectivity index is 1.61. The average molecular weight is 565 g/mol. The summed E-state index contributed by atoms with van der Waals surface area (Å²) in [7, 11) is 0. The number of hydrogen-bond donors (Lipinski definition) is 0. The predicted molar refractivity (Wildman–Crippen MR) is 180 cm³/mol. The molecule has 0 unspecified atom stereocenters. The summed E-state index contributed by atoms with van der Waals surface area (Å²) in [5, 5.41) is 2.13. The normalized spacial score (nSPS) is 13.0. The maximum Gasteiger partial charge on any atom is 0.127 e. The molecule has 4 rings (SSSR count). The van der Waals surface area contributed by atoms with Gasteiger partial charge in [-0.05, 0) is 67.2 Å². The lowest BCUT2D eigenvalue weighted by Crippen LogP contribution is -2.17. The van der Waals surface area contributed by atoms with Crippen LogP contribution in [0.5, 0.6) is 11.5 Å². The summed E-state index contributed by atoms with van der Waals surface area (Å²) in [4.78, 5) is 0. The minimum absolute atomic E-state index is 0.0712. The molecular formula is C40H52O2. The number of fused-ring (bicyclic) bond motifs is 1. The first-order chi connectivity index (χ1) is 19.3. The van der Waals surface area contributed by atoms with Gasteiger partial charge in [-0.2, -0.15) is 0 Å². The van der Waals surface area contributed by atoms with E-state index in [4.69, 9.17) is 9.47 Å². The first kappa shape index (κ1) is 31.7. The highest BCUT2D eigenvalue weighted by molar-refractivity contribution is 5.93. The molecule has 0 aliphatic carbocycles. The van der Waals surface area contributed by atoms with Crippen LogP contribution in [-0.2, 0) is 34.9 Å². The van der Waals surface area contributed by atoms with Crippen LogP contribution < -0.4 is 9.47 Å². The minimum Gasteiger partial charge on any atom is -0.488 e. The highest BCUT2D eigenvalue weighted by atomic mass is 16.5. The van der Waals surface area contributed by atoms with Gasteiger partial charge in [0, 0.05) is 10.8 Å². The molecule has 0 radical (unpaired) electrons. The summed E-state index contributed by atoms with van der Waals surface area (Å²) in [6.07, 6.45) is 0. The fourth-order valence-corrected chi connectivity index (χ4v) is 5.11. The van der Waals surface area contributed by atoms with E-state index in [1.807, 2.05) is 0 Å². The van der Waals surface area contributed by atoms with E-state index in [1.54, 1.807) is 0 Å². The molecule has 0 aliphatic rings. The summed E-state index contributed by atoms with van der Waals surface area (Å²) in [5.41, 5.74) is 8.04. The van der Waals surface area contributed by atoms with Crippen LogP contribution in [0.4, 0.5) is 0 Å². The lowest BCUT2D eigenvalue weighted by Gasteiger charge is -2.26. The topological polar surface area (TPSA) is 18.5 Å². The first-order valence-corrected chi connectivity index (χ1v) is 15.4. The second kappa shape index (κ2) is 11.4. The Bertz CT molecular complexity index is 1360. The van der Waals surface area contributed by atoms with Gasteiger partial charge in [0.05, 0.1) is 0 Å². The minimum atomic E-state index is 0.0712.